The fourth-order valence-corrected chi connectivity index (χ4v) is 2.10. The first kappa shape index (κ1) is 17.2. The maximum Gasteiger partial charge on any atom is 0.226 e. The number of hydrogen-bond acceptors (Lipinski definition) is 5. The highest BCUT2D eigenvalue weighted by atomic mass is 16.5. The second-order valence-electron chi connectivity index (χ2n) is 4.98. The number of nitrogens with zero attached hydrogens (tertiary/aromatic N) is 1. The van der Waals surface area contributed by atoms with Crippen molar-refractivity contribution in [1.82, 2.24) is 0 Å². The van der Waals surface area contributed by atoms with Crippen LogP contribution < -0.4 is 20.1 Å². The van der Waals surface area contributed by atoms with Crippen molar-refractivity contribution in [1.29, 1.82) is 5.26 Å². The number of carbonyl (C=O) groups is 1. The van der Waals surface area contributed by atoms with Gasteiger partial charge in [0.2, 0.25) is 5.91 Å². The summed E-state index contributed by atoms with van der Waals surface area (Å²) in [6, 6.07) is 14.3. The van der Waals surface area contributed by atoms with E-state index in [0.717, 1.165) is 5.69 Å². The molecule has 0 fully saturated rings. The van der Waals surface area contributed by atoms with Gasteiger partial charge in [-0.15, -0.1) is 0 Å². The van der Waals surface area contributed by atoms with Crippen LogP contribution >= 0.6 is 0 Å². The van der Waals surface area contributed by atoms with E-state index in [1.54, 1.807) is 37.4 Å². The van der Waals surface area contributed by atoms with Crippen molar-refractivity contribution in [2.45, 2.75) is 6.42 Å². The molecule has 0 spiro atoms. The van der Waals surface area contributed by atoms with Gasteiger partial charge in [-0.25, -0.2) is 0 Å². The Hall–Kier alpha value is -3.20. The summed E-state index contributed by atoms with van der Waals surface area (Å²) in [6.07, 6.45) is 0.301. The lowest BCUT2D eigenvalue weighted by Crippen LogP contribution is -2.16. The molecule has 2 rings (SSSR count). The number of benzene rings is 2. The Balaban J connectivity index is 1.86. The molecule has 2 N–H and O–H groups in total. The van der Waals surface area contributed by atoms with Crippen LogP contribution in [0.5, 0.6) is 11.5 Å². The topological polar surface area (TPSA) is 83.4 Å². The molecule has 2 aromatic carbocycles. The summed E-state index contributed by atoms with van der Waals surface area (Å²) >= 11 is 0. The summed E-state index contributed by atoms with van der Waals surface area (Å²) < 4.78 is 10.4. The quantitative estimate of drug-likeness (QED) is 0.817. The van der Waals surface area contributed by atoms with Crippen molar-refractivity contribution in [3.05, 3.63) is 48.0 Å². The van der Waals surface area contributed by atoms with Crippen LogP contribution in [-0.4, -0.2) is 26.7 Å². The summed E-state index contributed by atoms with van der Waals surface area (Å²) in [6.45, 7) is 0.482. The molecule has 1 amide bonds. The minimum atomic E-state index is -0.125. The minimum absolute atomic E-state index is 0.125. The summed E-state index contributed by atoms with van der Waals surface area (Å²) in [4.78, 5) is 12.0. The standard InChI is InChI=1S/C18H19N3O3/c1-23-15-7-8-16(17(11-15)24-2)21-18(22)9-10-20-14-5-3-13(12-19)4-6-14/h3-8,11,20H,9-10H2,1-2H3,(H,21,22). The van der Waals surface area contributed by atoms with Crippen molar-refractivity contribution in [3.8, 4) is 17.6 Å². The van der Waals surface area contributed by atoms with E-state index >= 15 is 0 Å². The molecule has 0 aromatic heterocycles. The van der Waals surface area contributed by atoms with Gasteiger partial charge in [0.05, 0.1) is 31.5 Å². The predicted octanol–water partition coefficient (Wildman–Crippen LogP) is 3.02. The summed E-state index contributed by atoms with van der Waals surface area (Å²) in [5.74, 6) is 1.08. The summed E-state index contributed by atoms with van der Waals surface area (Å²) in [7, 11) is 3.11. The molecule has 6 heteroatoms. The highest BCUT2D eigenvalue weighted by molar-refractivity contribution is 5.92. The molecule has 2 aromatic rings. The van der Waals surface area contributed by atoms with Crippen LogP contribution in [0.1, 0.15) is 12.0 Å². The molecule has 24 heavy (non-hydrogen) atoms. The third-order valence-corrected chi connectivity index (χ3v) is 3.38. The van der Waals surface area contributed by atoms with Gasteiger partial charge < -0.3 is 20.1 Å². The van der Waals surface area contributed by atoms with E-state index in [-0.39, 0.29) is 5.91 Å². The highest BCUT2D eigenvalue weighted by Crippen LogP contribution is 2.29. The Morgan fingerprint density at radius 2 is 1.88 bits per heavy atom. The lowest BCUT2D eigenvalue weighted by molar-refractivity contribution is -0.116. The number of ether oxygens (including phenoxy) is 2. The number of nitriles is 1. The molecule has 6 nitrogen and oxygen atoms in total. The van der Waals surface area contributed by atoms with Gasteiger partial charge in [0, 0.05) is 24.7 Å². The van der Waals surface area contributed by atoms with Gasteiger partial charge in [-0.2, -0.15) is 5.26 Å². The first-order valence-corrected chi connectivity index (χ1v) is 7.42. The van der Waals surface area contributed by atoms with E-state index in [1.807, 2.05) is 12.1 Å². The zero-order chi connectivity index (χ0) is 17.4. The molecule has 0 bridgehead atoms. The molecule has 0 aliphatic carbocycles. The molecule has 124 valence electrons. The third kappa shape index (κ3) is 4.65. The smallest absolute Gasteiger partial charge is 0.226 e. The summed E-state index contributed by atoms with van der Waals surface area (Å²) in [5, 5.41) is 14.7. The second kappa shape index (κ2) is 8.44. The van der Waals surface area contributed by atoms with Crippen LogP contribution in [0, 0.1) is 11.3 Å². The van der Waals surface area contributed by atoms with E-state index < -0.39 is 0 Å². The molecule has 0 radical (unpaired) electrons. The SMILES string of the molecule is COc1ccc(NC(=O)CCNc2ccc(C#N)cc2)c(OC)c1. The summed E-state index contributed by atoms with van der Waals surface area (Å²) in [5.41, 5.74) is 2.07. The lowest BCUT2D eigenvalue weighted by Gasteiger charge is -2.12. The number of amides is 1. The zero-order valence-corrected chi connectivity index (χ0v) is 13.6. The lowest BCUT2D eigenvalue weighted by atomic mass is 10.2. The first-order valence-electron chi connectivity index (χ1n) is 7.42. The van der Waals surface area contributed by atoms with Crippen molar-refractivity contribution < 1.29 is 14.3 Å². The van der Waals surface area contributed by atoms with Gasteiger partial charge >= 0.3 is 0 Å². The van der Waals surface area contributed by atoms with Crippen LogP contribution in [0.3, 0.4) is 0 Å². The van der Waals surface area contributed by atoms with Crippen LogP contribution in [-0.2, 0) is 4.79 Å². The van der Waals surface area contributed by atoms with E-state index in [0.29, 0.717) is 35.7 Å². The third-order valence-electron chi connectivity index (χ3n) is 3.38. The van der Waals surface area contributed by atoms with Crippen LogP contribution in [0.15, 0.2) is 42.5 Å². The first-order chi connectivity index (χ1) is 11.7. The maximum absolute atomic E-state index is 12.0. The largest absolute Gasteiger partial charge is 0.497 e. The highest BCUT2D eigenvalue weighted by Gasteiger charge is 2.08. The Morgan fingerprint density at radius 1 is 1.12 bits per heavy atom. The number of nitrogens with one attached hydrogen (secondary N) is 2. The van der Waals surface area contributed by atoms with Crippen LogP contribution in [0.25, 0.3) is 0 Å². The predicted molar refractivity (Wildman–Crippen MR) is 92.4 cm³/mol. The molecule has 0 aliphatic rings. The van der Waals surface area contributed by atoms with E-state index in [4.69, 9.17) is 14.7 Å². The Kier molecular flexibility index (Phi) is 6.03. The normalized spacial score (nSPS) is 9.71. The zero-order valence-electron chi connectivity index (χ0n) is 13.6. The Bertz CT molecular complexity index is 736. The van der Waals surface area contributed by atoms with Crippen molar-refractivity contribution in [2.75, 3.05) is 31.4 Å². The number of hydrogen-bond donors (Lipinski definition) is 2. The van der Waals surface area contributed by atoms with Crippen molar-refractivity contribution in [2.24, 2.45) is 0 Å². The van der Waals surface area contributed by atoms with Gasteiger partial charge in [-0.1, -0.05) is 0 Å². The fraction of sp³-hybridized carbons (Fsp3) is 0.222. The molecule has 0 saturated carbocycles. The number of rotatable bonds is 7. The number of carbonyl (C=O) groups excluding carboxylic acids is 1. The van der Waals surface area contributed by atoms with Gasteiger partial charge in [-0.3, -0.25) is 4.79 Å². The van der Waals surface area contributed by atoms with E-state index in [1.165, 1.54) is 7.11 Å². The maximum atomic E-state index is 12.0. The fourth-order valence-electron chi connectivity index (χ4n) is 2.10. The van der Waals surface area contributed by atoms with Gasteiger partial charge in [0.15, 0.2) is 0 Å². The van der Waals surface area contributed by atoms with E-state index in [9.17, 15) is 4.79 Å². The Morgan fingerprint density at radius 3 is 2.50 bits per heavy atom. The number of methoxy groups -OCH3 is 2. The average molecular weight is 325 g/mol. The minimum Gasteiger partial charge on any atom is -0.497 e. The van der Waals surface area contributed by atoms with E-state index in [2.05, 4.69) is 16.7 Å². The second-order valence-corrected chi connectivity index (χ2v) is 4.98. The van der Waals surface area contributed by atoms with Crippen LogP contribution in [0.4, 0.5) is 11.4 Å². The Labute approximate surface area is 141 Å². The van der Waals surface area contributed by atoms with Gasteiger partial charge in [-0.05, 0) is 36.4 Å². The monoisotopic (exact) mass is 325 g/mol. The molecule has 0 aliphatic heterocycles. The van der Waals surface area contributed by atoms with Crippen LogP contribution in [0.2, 0.25) is 0 Å². The van der Waals surface area contributed by atoms with Crippen molar-refractivity contribution in [3.63, 3.8) is 0 Å². The van der Waals surface area contributed by atoms with Gasteiger partial charge in [0.1, 0.15) is 11.5 Å². The molecular formula is C18H19N3O3. The molecule has 0 saturated heterocycles. The van der Waals surface area contributed by atoms with Crippen molar-refractivity contribution >= 4 is 17.3 Å². The number of anilines is 2. The van der Waals surface area contributed by atoms with Gasteiger partial charge in [0.25, 0.3) is 0 Å². The molecule has 0 heterocycles. The molecular weight excluding hydrogens is 306 g/mol. The molecule has 0 unspecified atom stereocenters. The molecule has 0 atom stereocenters. The average Bonchev–Trinajstić information content (AvgIpc) is 2.62.